The van der Waals surface area contributed by atoms with Gasteiger partial charge >= 0.3 is 0 Å². The summed E-state index contributed by atoms with van der Waals surface area (Å²) in [4.78, 5) is -0.431. The number of nitrogens with two attached hydrogens (primary N) is 1. The van der Waals surface area contributed by atoms with Crippen LogP contribution < -0.4 is 10.5 Å². The van der Waals surface area contributed by atoms with Crippen molar-refractivity contribution >= 4 is 15.7 Å². The minimum absolute atomic E-state index is 0.198. The molecule has 1 rings (SSSR count). The van der Waals surface area contributed by atoms with Crippen molar-refractivity contribution in [3.63, 3.8) is 0 Å². The van der Waals surface area contributed by atoms with Gasteiger partial charge in [-0.05, 0) is 31.0 Å². The van der Waals surface area contributed by atoms with Crippen LogP contribution in [-0.4, -0.2) is 15.0 Å². The van der Waals surface area contributed by atoms with E-state index in [0.29, 0.717) is 12.8 Å². The number of nitrogens with one attached hydrogen (secondary N) is 1. The van der Waals surface area contributed by atoms with Gasteiger partial charge in [0.2, 0.25) is 10.0 Å². The van der Waals surface area contributed by atoms with Gasteiger partial charge in [-0.15, -0.1) is 12.3 Å². The third-order valence-corrected chi connectivity index (χ3v) is 3.76. The van der Waals surface area contributed by atoms with Gasteiger partial charge in [-0.2, -0.15) is 0 Å². The van der Waals surface area contributed by atoms with Crippen molar-refractivity contribution in [1.82, 2.24) is 4.72 Å². The summed E-state index contributed by atoms with van der Waals surface area (Å²) in [6.45, 7) is 0.220. The van der Waals surface area contributed by atoms with E-state index >= 15 is 0 Å². The summed E-state index contributed by atoms with van der Waals surface area (Å²) in [5.41, 5.74) is 5.64. The van der Waals surface area contributed by atoms with Crippen molar-refractivity contribution in [2.24, 2.45) is 0 Å². The third kappa shape index (κ3) is 4.02. The lowest BCUT2D eigenvalue weighted by molar-refractivity contribution is 0.554. The molecule has 0 aliphatic carbocycles. The summed E-state index contributed by atoms with van der Waals surface area (Å²) >= 11 is 0. The Balaban J connectivity index is 2.69. The average Bonchev–Trinajstić information content (AvgIpc) is 2.32. The highest BCUT2D eigenvalue weighted by molar-refractivity contribution is 7.89. The molecule has 0 saturated heterocycles. The maximum Gasteiger partial charge on any atom is 0.243 e. The van der Waals surface area contributed by atoms with Crippen molar-refractivity contribution < 1.29 is 12.8 Å². The molecule has 0 bridgehead atoms. The highest BCUT2D eigenvalue weighted by Gasteiger charge is 2.18. The SMILES string of the molecule is C#CCCCCNS(=O)(=O)c1cc(N)ccc1F. The van der Waals surface area contributed by atoms with Crippen LogP contribution in [0.4, 0.5) is 10.1 Å². The molecule has 0 radical (unpaired) electrons. The number of hydrogen-bond acceptors (Lipinski definition) is 3. The van der Waals surface area contributed by atoms with Gasteiger partial charge in [0.25, 0.3) is 0 Å². The molecule has 4 nitrogen and oxygen atoms in total. The summed E-state index contributed by atoms with van der Waals surface area (Å²) in [6.07, 6.45) is 6.99. The lowest BCUT2D eigenvalue weighted by atomic mass is 10.2. The van der Waals surface area contributed by atoms with Gasteiger partial charge in [-0.3, -0.25) is 0 Å². The zero-order chi connectivity index (χ0) is 13.6. The first-order valence-corrected chi connectivity index (χ1v) is 6.94. The van der Waals surface area contributed by atoms with Crippen LogP contribution >= 0.6 is 0 Å². The predicted octanol–water partition coefficient (Wildman–Crippen LogP) is 1.49. The zero-order valence-corrected chi connectivity index (χ0v) is 10.6. The zero-order valence-electron chi connectivity index (χ0n) is 9.82. The highest BCUT2D eigenvalue weighted by Crippen LogP contribution is 2.17. The molecule has 0 amide bonds. The van der Waals surface area contributed by atoms with Gasteiger partial charge in [-0.1, -0.05) is 0 Å². The molecule has 0 saturated carbocycles. The smallest absolute Gasteiger partial charge is 0.243 e. The van der Waals surface area contributed by atoms with Crippen LogP contribution in [0.1, 0.15) is 19.3 Å². The normalized spacial score (nSPS) is 11.1. The van der Waals surface area contributed by atoms with E-state index in [1.165, 1.54) is 6.07 Å². The van der Waals surface area contributed by atoms with E-state index in [4.69, 9.17) is 12.2 Å². The van der Waals surface area contributed by atoms with E-state index in [2.05, 4.69) is 10.6 Å². The fraction of sp³-hybridized carbons (Fsp3) is 0.333. The molecule has 0 heterocycles. The van der Waals surface area contributed by atoms with Crippen LogP contribution in [0.5, 0.6) is 0 Å². The summed E-state index contributed by atoms with van der Waals surface area (Å²) in [7, 11) is -3.86. The largest absolute Gasteiger partial charge is 0.399 e. The standard InChI is InChI=1S/C12H15FN2O2S/c1-2-3-4-5-8-15-18(16,17)12-9-10(14)6-7-11(12)13/h1,6-7,9,15H,3-5,8,14H2. The number of unbranched alkanes of at least 4 members (excludes halogenated alkanes) is 2. The Morgan fingerprint density at radius 1 is 1.39 bits per heavy atom. The number of sulfonamides is 1. The Kier molecular flexibility index (Phi) is 5.13. The number of halogens is 1. The lowest BCUT2D eigenvalue weighted by Gasteiger charge is -2.07. The number of anilines is 1. The van der Waals surface area contributed by atoms with Gasteiger partial charge in [0, 0.05) is 18.7 Å². The molecular weight excluding hydrogens is 255 g/mol. The van der Waals surface area contributed by atoms with E-state index in [9.17, 15) is 12.8 Å². The second kappa shape index (κ2) is 6.38. The van der Waals surface area contributed by atoms with Gasteiger partial charge < -0.3 is 5.73 Å². The molecule has 18 heavy (non-hydrogen) atoms. The number of rotatable bonds is 6. The van der Waals surface area contributed by atoms with E-state index < -0.39 is 20.7 Å². The summed E-state index contributed by atoms with van der Waals surface area (Å²) < 4.78 is 39.3. The maximum absolute atomic E-state index is 13.4. The first-order chi connectivity index (χ1) is 8.47. The minimum Gasteiger partial charge on any atom is -0.399 e. The lowest BCUT2D eigenvalue weighted by Crippen LogP contribution is -2.25. The fourth-order valence-corrected chi connectivity index (χ4v) is 2.55. The van der Waals surface area contributed by atoms with E-state index in [1.807, 2.05) is 0 Å². The highest BCUT2D eigenvalue weighted by atomic mass is 32.2. The Morgan fingerprint density at radius 2 is 2.11 bits per heavy atom. The minimum atomic E-state index is -3.86. The van der Waals surface area contributed by atoms with E-state index in [1.54, 1.807) is 0 Å². The molecule has 0 aliphatic rings. The number of benzene rings is 1. The van der Waals surface area contributed by atoms with Gasteiger partial charge in [0.1, 0.15) is 10.7 Å². The Hall–Kier alpha value is -1.58. The van der Waals surface area contributed by atoms with Crippen LogP contribution in [0.2, 0.25) is 0 Å². The fourth-order valence-electron chi connectivity index (χ4n) is 1.36. The Morgan fingerprint density at radius 3 is 2.78 bits per heavy atom. The van der Waals surface area contributed by atoms with Gasteiger partial charge in [0.15, 0.2) is 0 Å². The van der Waals surface area contributed by atoms with Crippen LogP contribution in [0.3, 0.4) is 0 Å². The quantitative estimate of drug-likeness (QED) is 0.467. The predicted molar refractivity (Wildman–Crippen MR) is 68.7 cm³/mol. The summed E-state index contributed by atoms with van der Waals surface area (Å²) in [6, 6.07) is 3.43. The number of terminal acetylenes is 1. The monoisotopic (exact) mass is 270 g/mol. The number of nitrogen functional groups attached to an aromatic ring is 1. The van der Waals surface area contributed by atoms with Crippen LogP contribution in [0, 0.1) is 18.2 Å². The Labute approximate surface area is 106 Å². The third-order valence-electron chi connectivity index (χ3n) is 2.28. The summed E-state index contributed by atoms with van der Waals surface area (Å²) in [5.74, 6) is 1.64. The van der Waals surface area contributed by atoms with Gasteiger partial charge in [0.05, 0.1) is 0 Å². The molecule has 0 unspecified atom stereocenters. The second-order valence-electron chi connectivity index (χ2n) is 3.75. The average molecular weight is 270 g/mol. The molecule has 1 aromatic carbocycles. The van der Waals surface area contributed by atoms with Gasteiger partial charge in [-0.25, -0.2) is 17.5 Å². The molecule has 98 valence electrons. The summed E-state index contributed by atoms with van der Waals surface area (Å²) in [5, 5.41) is 0. The maximum atomic E-state index is 13.4. The topological polar surface area (TPSA) is 72.2 Å². The van der Waals surface area contributed by atoms with Crippen molar-refractivity contribution in [1.29, 1.82) is 0 Å². The van der Waals surface area contributed by atoms with Crippen molar-refractivity contribution in [2.75, 3.05) is 12.3 Å². The molecule has 0 fully saturated rings. The molecular formula is C12H15FN2O2S. The van der Waals surface area contributed by atoms with Crippen molar-refractivity contribution in [2.45, 2.75) is 24.2 Å². The molecule has 0 spiro atoms. The molecule has 6 heteroatoms. The molecule has 0 aliphatic heterocycles. The van der Waals surface area contributed by atoms with E-state index in [-0.39, 0.29) is 12.2 Å². The Bertz CT molecular complexity index is 550. The first kappa shape index (κ1) is 14.5. The van der Waals surface area contributed by atoms with Crippen LogP contribution in [-0.2, 0) is 10.0 Å². The number of hydrogen-bond donors (Lipinski definition) is 2. The molecule has 1 aromatic rings. The second-order valence-corrected chi connectivity index (χ2v) is 5.48. The van der Waals surface area contributed by atoms with Crippen LogP contribution in [0.25, 0.3) is 0 Å². The molecule has 0 aromatic heterocycles. The molecule has 3 N–H and O–H groups in total. The van der Waals surface area contributed by atoms with Crippen LogP contribution in [0.15, 0.2) is 23.1 Å². The van der Waals surface area contributed by atoms with Crippen molar-refractivity contribution in [3.8, 4) is 12.3 Å². The van der Waals surface area contributed by atoms with Crippen molar-refractivity contribution in [3.05, 3.63) is 24.0 Å². The molecule has 0 atom stereocenters. The first-order valence-electron chi connectivity index (χ1n) is 5.45. The van der Waals surface area contributed by atoms with E-state index in [0.717, 1.165) is 18.6 Å².